The first kappa shape index (κ1) is 12.0. The highest BCUT2D eigenvalue weighted by atomic mass is 79.9. The summed E-state index contributed by atoms with van der Waals surface area (Å²) in [5, 5.41) is 0.771. The fourth-order valence-electron chi connectivity index (χ4n) is 1.67. The lowest BCUT2D eigenvalue weighted by atomic mass is 10.4. The predicted octanol–water partition coefficient (Wildman–Crippen LogP) is 1.64. The average molecular weight is 298 g/mol. The van der Waals surface area contributed by atoms with E-state index in [4.69, 9.17) is 0 Å². The molecule has 0 bridgehead atoms. The van der Waals surface area contributed by atoms with Crippen molar-refractivity contribution >= 4 is 33.7 Å². The molecule has 1 saturated heterocycles. The fraction of sp³-hybridized carbons (Fsp3) is 0.364. The van der Waals surface area contributed by atoms with E-state index in [9.17, 15) is 9.59 Å². The minimum absolute atomic E-state index is 0.0815. The second-order valence-corrected chi connectivity index (χ2v) is 4.44. The molecule has 5 nitrogen and oxygen atoms in total. The highest BCUT2D eigenvalue weighted by Gasteiger charge is 2.36. The number of hydrogen-bond acceptors (Lipinski definition) is 3. The number of halogens is 1. The summed E-state index contributed by atoms with van der Waals surface area (Å²) in [4.78, 5) is 30.4. The van der Waals surface area contributed by atoms with Gasteiger partial charge in [-0.3, -0.25) is 14.6 Å². The van der Waals surface area contributed by atoms with Crippen molar-refractivity contribution in [2.45, 2.75) is 6.42 Å². The van der Waals surface area contributed by atoms with Gasteiger partial charge in [0.2, 0.25) is 0 Å². The van der Waals surface area contributed by atoms with Crippen molar-refractivity contribution < 1.29 is 9.59 Å². The quantitative estimate of drug-likeness (QED) is 0.627. The van der Waals surface area contributed by atoms with Crippen LogP contribution in [0.4, 0.5) is 10.6 Å². The van der Waals surface area contributed by atoms with Crippen molar-refractivity contribution in [1.82, 2.24) is 9.88 Å². The number of anilines is 1. The molecule has 1 fully saturated rings. The standard InChI is InChI=1S/C11H12BrN3O2/c12-5-3-7-14-10(16)8-15(11(14)17)9-4-1-2-6-13-9/h1-2,4,6H,3,5,7-8H2. The Morgan fingerprint density at radius 3 is 2.82 bits per heavy atom. The van der Waals surface area contributed by atoms with Crippen molar-refractivity contribution in [2.24, 2.45) is 0 Å². The topological polar surface area (TPSA) is 53.5 Å². The zero-order valence-corrected chi connectivity index (χ0v) is 10.8. The molecule has 0 spiro atoms. The van der Waals surface area contributed by atoms with E-state index < -0.39 is 0 Å². The monoisotopic (exact) mass is 297 g/mol. The first-order valence-corrected chi connectivity index (χ1v) is 6.45. The van der Waals surface area contributed by atoms with Crippen LogP contribution in [-0.2, 0) is 4.79 Å². The van der Waals surface area contributed by atoms with Crippen LogP contribution in [0.3, 0.4) is 0 Å². The number of carbonyl (C=O) groups excluding carboxylic acids is 2. The molecule has 3 amide bonds. The number of urea groups is 1. The molecule has 0 aliphatic carbocycles. The van der Waals surface area contributed by atoms with Crippen molar-refractivity contribution in [2.75, 3.05) is 23.3 Å². The van der Waals surface area contributed by atoms with E-state index in [-0.39, 0.29) is 18.5 Å². The summed E-state index contributed by atoms with van der Waals surface area (Å²) in [6.07, 6.45) is 2.36. The second-order valence-electron chi connectivity index (χ2n) is 3.64. The van der Waals surface area contributed by atoms with Gasteiger partial charge in [-0.15, -0.1) is 0 Å². The van der Waals surface area contributed by atoms with Gasteiger partial charge in [0.15, 0.2) is 0 Å². The fourth-order valence-corrected chi connectivity index (χ4v) is 1.92. The average Bonchev–Trinajstić information content (AvgIpc) is 2.64. The second kappa shape index (κ2) is 5.27. The molecule has 1 aliphatic rings. The third kappa shape index (κ3) is 2.46. The van der Waals surface area contributed by atoms with Crippen LogP contribution in [0.1, 0.15) is 6.42 Å². The van der Waals surface area contributed by atoms with Gasteiger partial charge in [-0.05, 0) is 18.6 Å². The summed E-state index contributed by atoms with van der Waals surface area (Å²) in [5.41, 5.74) is 0. The van der Waals surface area contributed by atoms with Crippen LogP contribution in [-0.4, -0.2) is 40.2 Å². The van der Waals surface area contributed by atoms with E-state index in [0.717, 1.165) is 11.8 Å². The van der Waals surface area contributed by atoms with E-state index >= 15 is 0 Å². The van der Waals surface area contributed by atoms with Crippen molar-refractivity contribution in [3.8, 4) is 0 Å². The molecule has 0 atom stereocenters. The van der Waals surface area contributed by atoms with Crippen LogP contribution in [0.5, 0.6) is 0 Å². The Bertz CT molecular complexity index is 424. The number of carbonyl (C=O) groups is 2. The Hall–Kier alpha value is -1.43. The summed E-state index contributed by atoms with van der Waals surface area (Å²) in [6.45, 7) is 0.532. The molecule has 2 rings (SSSR count). The molecule has 0 unspecified atom stereocenters. The Kier molecular flexibility index (Phi) is 3.73. The molecule has 1 aromatic rings. The van der Waals surface area contributed by atoms with Gasteiger partial charge >= 0.3 is 6.03 Å². The Morgan fingerprint density at radius 1 is 1.35 bits per heavy atom. The molecule has 90 valence electrons. The Balaban J connectivity index is 2.13. The maximum atomic E-state index is 12.0. The lowest BCUT2D eigenvalue weighted by Gasteiger charge is -2.15. The first-order valence-electron chi connectivity index (χ1n) is 5.33. The van der Waals surface area contributed by atoms with Gasteiger partial charge in [-0.2, -0.15) is 0 Å². The number of nitrogens with zero attached hydrogens (tertiary/aromatic N) is 3. The van der Waals surface area contributed by atoms with E-state index in [1.165, 1.54) is 9.80 Å². The first-order chi connectivity index (χ1) is 8.24. The van der Waals surface area contributed by atoms with E-state index in [0.29, 0.717) is 12.4 Å². The van der Waals surface area contributed by atoms with Gasteiger partial charge in [-0.1, -0.05) is 22.0 Å². The summed E-state index contributed by atoms with van der Waals surface area (Å²) in [5.74, 6) is 0.355. The SMILES string of the molecule is O=C1CN(c2ccccn2)C(=O)N1CCCBr. The van der Waals surface area contributed by atoms with Crippen LogP contribution in [0, 0.1) is 0 Å². The van der Waals surface area contributed by atoms with E-state index in [1.807, 2.05) is 0 Å². The molecule has 0 radical (unpaired) electrons. The molecule has 6 heteroatoms. The highest BCUT2D eigenvalue weighted by molar-refractivity contribution is 9.09. The van der Waals surface area contributed by atoms with E-state index in [2.05, 4.69) is 20.9 Å². The Labute approximate surface area is 108 Å². The molecule has 0 N–H and O–H groups in total. The van der Waals surface area contributed by atoms with Gasteiger partial charge < -0.3 is 0 Å². The number of imide groups is 1. The maximum absolute atomic E-state index is 12.0. The van der Waals surface area contributed by atoms with Gasteiger partial charge in [0.1, 0.15) is 12.4 Å². The number of alkyl halides is 1. The number of rotatable bonds is 4. The zero-order valence-electron chi connectivity index (χ0n) is 9.17. The predicted molar refractivity (Wildman–Crippen MR) is 67.1 cm³/mol. The van der Waals surface area contributed by atoms with Gasteiger partial charge in [0.25, 0.3) is 5.91 Å². The van der Waals surface area contributed by atoms with Gasteiger partial charge in [-0.25, -0.2) is 9.78 Å². The molecule has 17 heavy (non-hydrogen) atoms. The summed E-state index contributed by atoms with van der Waals surface area (Å²) in [7, 11) is 0. The number of amides is 3. The summed E-state index contributed by atoms with van der Waals surface area (Å²) in [6, 6.07) is 5.00. The molecule has 0 saturated carbocycles. The minimum Gasteiger partial charge on any atom is -0.272 e. The van der Waals surface area contributed by atoms with Crippen molar-refractivity contribution in [1.29, 1.82) is 0 Å². The molecule has 1 aliphatic heterocycles. The van der Waals surface area contributed by atoms with Gasteiger partial charge in [0, 0.05) is 18.1 Å². The van der Waals surface area contributed by atoms with Crippen LogP contribution in [0.25, 0.3) is 0 Å². The molecule has 2 heterocycles. The lowest BCUT2D eigenvalue weighted by molar-refractivity contribution is -0.124. The summed E-state index contributed by atoms with van der Waals surface area (Å²) < 4.78 is 0. The van der Waals surface area contributed by atoms with Gasteiger partial charge in [0.05, 0.1) is 0 Å². The Morgan fingerprint density at radius 2 is 2.18 bits per heavy atom. The number of hydrogen-bond donors (Lipinski definition) is 0. The number of pyridine rings is 1. The largest absolute Gasteiger partial charge is 0.332 e. The maximum Gasteiger partial charge on any atom is 0.332 e. The molecule has 0 aromatic carbocycles. The van der Waals surface area contributed by atoms with Crippen molar-refractivity contribution in [3.63, 3.8) is 0 Å². The number of aromatic nitrogens is 1. The molecular weight excluding hydrogens is 286 g/mol. The molecular formula is C11H12BrN3O2. The van der Waals surface area contributed by atoms with Crippen molar-refractivity contribution in [3.05, 3.63) is 24.4 Å². The van der Waals surface area contributed by atoms with Crippen LogP contribution in [0.2, 0.25) is 0 Å². The minimum atomic E-state index is -0.283. The smallest absolute Gasteiger partial charge is 0.272 e. The van der Waals surface area contributed by atoms with Crippen LogP contribution < -0.4 is 4.90 Å². The van der Waals surface area contributed by atoms with E-state index in [1.54, 1.807) is 24.4 Å². The highest BCUT2D eigenvalue weighted by Crippen LogP contribution is 2.18. The van der Waals surface area contributed by atoms with Crippen LogP contribution in [0.15, 0.2) is 24.4 Å². The lowest BCUT2D eigenvalue weighted by Crippen LogP contribution is -2.34. The summed E-state index contributed by atoms with van der Waals surface area (Å²) >= 11 is 3.28. The zero-order chi connectivity index (χ0) is 12.3. The third-order valence-corrected chi connectivity index (χ3v) is 3.06. The molecule has 1 aromatic heterocycles. The third-order valence-electron chi connectivity index (χ3n) is 2.50. The normalized spacial score (nSPS) is 15.8. The van der Waals surface area contributed by atoms with Crippen LogP contribution >= 0.6 is 15.9 Å².